The molecule has 2 aliphatic heterocycles. The monoisotopic (exact) mass is 583 g/mol. The number of fused-ring (bicyclic) bond motifs is 2. The minimum absolute atomic E-state index is 0.0453. The fraction of sp³-hybridized carbons (Fsp3) is 0.367. The van der Waals surface area contributed by atoms with Crippen LogP contribution in [0.2, 0.25) is 5.02 Å². The highest BCUT2D eigenvalue weighted by molar-refractivity contribution is 8.00. The van der Waals surface area contributed by atoms with Gasteiger partial charge in [-0.05, 0) is 28.5 Å². The van der Waals surface area contributed by atoms with E-state index in [2.05, 4.69) is 45.0 Å². The summed E-state index contributed by atoms with van der Waals surface area (Å²) in [5.74, 6) is -1.03. The van der Waals surface area contributed by atoms with Gasteiger partial charge in [0.05, 0.1) is 11.8 Å². The number of rotatable bonds is 4. The van der Waals surface area contributed by atoms with Gasteiger partial charge in [0.2, 0.25) is 11.4 Å². The minimum atomic E-state index is -1.06. The van der Waals surface area contributed by atoms with Crippen molar-refractivity contribution in [3.63, 3.8) is 0 Å². The Hall–Kier alpha value is -2.52. The Kier molecular flexibility index (Phi) is 7.52. The number of hydrogen-bond donors (Lipinski definition) is 1. The average molecular weight is 584 g/mol. The molecule has 0 bridgehead atoms. The van der Waals surface area contributed by atoms with E-state index in [0.717, 1.165) is 27.6 Å². The molecule has 204 valence electrons. The van der Waals surface area contributed by atoms with Crippen LogP contribution in [-0.2, 0) is 14.4 Å². The van der Waals surface area contributed by atoms with Crippen molar-refractivity contribution in [2.24, 2.45) is 5.41 Å². The number of hydrogen-bond acceptors (Lipinski definition) is 5. The van der Waals surface area contributed by atoms with Crippen LogP contribution in [0.3, 0.4) is 0 Å². The molecule has 3 aromatic rings. The van der Waals surface area contributed by atoms with Crippen LogP contribution in [0.25, 0.3) is 10.8 Å². The molecule has 0 aliphatic carbocycles. The molecular formula is C30H32ClN2O4S2+. The molecule has 2 heterocycles. The minimum Gasteiger partial charge on any atom is -0.480 e. The Balaban J connectivity index is 1.80. The molecule has 1 unspecified atom stereocenters. The molecule has 1 fully saturated rings. The van der Waals surface area contributed by atoms with E-state index in [-0.39, 0.29) is 38.5 Å². The molecule has 6 nitrogen and oxygen atoms in total. The Morgan fingerprint density at radius 2 is 1.77 bits per heavy atom. The van der Waals surface area contributed by atoms with Crippen molar-refractivity contribution in [1.82, 2.24) is 9.38 Å². The molecule has 0 radical (unpaired) electrons. The number of aliphatic carboxylic acids is 1. The largest absolute Gasteiger partial charge is 0.480 e. The molecule has 39 heavy (non-hydrogen) atoms. The van der Waals surface area contributed by atoms with E-state index in [1.54, 1.807) is 17.8 Å². The van der Waals surface area contributed by atoms with Gasteiger partial charge in [-0.2, -0.15) is 4.48 Å². The maximum Gasteiger partial charge on any atom is 0.331 e. The topological polar surface area (TPSA) is 74.7 Å². The van der Waals surface area contributed by atoms with Crippen molar-refractivity contribution < 1.29 is 19.5 Å². The van der Waals surface area contributed by atoms with E-state index >= 15 is 0 Å². The number of thioether (sulfide) groups is 2. The van der Waals surface area contributed by atoms with Crippen LogP contribution >= 0.6 is 35.1 Å². The molecule has 1 N–H and O–H groups in total. The van der Waals surface area contributed by atoms with Gasteiger partial charge in [0.25, 0.3) is 0 Å². The van der Waals surface area contributed by atoms with Gasteiger partial charge in [-0.25, -0.2) is 9.59 Å². The summed E-state index contributed by atoms with van der Waals surface area (Å²) in [5.41, 5.74) is 1.76. The van der Waals surface area contributed by atoms with Crippen LogP contribution in [0, 0.1) is 5.41 Å². The Labute approximate surface area is 242 Å². The van der Waals surface area contributed by atoms with E-state index in [1.807, 2.05) is 30.3 Å². The van der Waals surface area contributed by atoms with E-state index in [1.165, 1.54) is 23.6 Å². The number of carbonyl (C=O) groups is 3. The van der Waals surface area contributed by atoms with Crippen LogP contribution in [-0.4, -0.2) is 57.4 Å². The number of quaternary nitrogens is 1. The zero-order valence-electron chi connectivity index (χ0n) is 22.4. The van der Waals surface area contributed by atoms with Gasteiger partial charge in [-0.1, -0.05) is 86.6 Å². The Bertz CT molecular complexity index is 1470. The fourth-order valence-electron chi connectivity index (χ4n) is 5.97. The van der Waals surface area contributed by atoms with Crippen LogP contribution in [0.1, 0.15) is 44.1 Å². The Morgan fingerprint density at radius 3 is 2.46 bits per heavy atom. The number of nitrogens with zero attached hydrogens (tertiary/aromatic N) is 2. The highest BCUT2D eigenvalue weighted by atomic mass is 35.5. The zero-order chi connectivity index (χ0) is 28.1. The van der Waals surface area contributed by atoms with Gasteiger partial charge in [0, 0.05) is 34.7 Å². The van der Waals surface area contributed by atoms with Crippen LogP contribution in [0.4, 0.5) is 5.69 Å². The lowest BCUT2D eigenvalue weighted by molar-refractivity contribution is -0.152. The van der Waals surface area contributed by atoms with Gasteiger partial charge in [0.1, 0.15) is 17.5 Å². The number of carboxylic acid groups (broad SMARTS) is 1. The maximum absolute atomic E-state index is 14.6. The Morgan fingerprint density at radius 1 is 1.05 bits per heavy atom. The third-order valence-corrected chi connectivity index (χ3v) is 10.2. The first kappa shape index (κ1) is 28.0. The molecule has 9 heteroatoms. The highest BCUT2D eigenvalue weighted by Gasteiger charge is 2.59. The summed E-state index contributed by atoms with van der Waals surface area (Å²) in [4.78, 5) is 41.2. The van der Waals surface area contributed by atoms with Crippen LogP contribution < -0.4 is 4.48 Å². The van der Waals surface area contributed by atoms with Gasteiger partial charge in [-0.3, -0.25) is 9.69 Å². The molecule has 0 saturated carbocycles. The fourth-order valence-corrected chi connectivity index (χ4v) is 9.11. The lowest BCUT2D eigenvalue weighted by atomic mass is 9.91. The smallest absolute Gasteiger partial charge is 0.331 e. The summed E-state index contributed by atoms with van der Waals surface area (Å²) in [6.45, 7) is 8.01. The predicted octanol–water partition coefficient (Wildman–Crippen LogP) is 6.54. The van der Waals surface area contributed by atoms with Crippen molar-refractivity contribution in [2.75, 3.05) is 18.1 Å². The highest BCUT2D eigenvalue weighted by Crippen LogP contribution is 2.52. The maximum atomic E-state index is 14.6. The lowest BCUT2D eigenvalue weighted by Gasteiger charge is -2.46. The summed E-state index contributed by atoms with van der Waals surface area (Å²) >= 11 is 9.56. The van der Waals surface area contributed by atoms with Gasteiger partial charge in [0.15, 0.2) is 0 Å². The third-order valence-electron chi connectivity index (χ3n) is 7.35. The van der Waals surface area contributed by atoms with Crippen LogP contribution in [0.15, 0.2) is 60.7 Å². The number of benzene rings is 3. The molecule has 2 amide bonds. The number of carboxylic acids is 1. The first-order valence-corrected chi connectivity index (χ1v) is 15.4. The number of amides is 2. The van der Waals surface area contributed by atoms with Gasteiger partial charge >= 0.3 is 11.9 Å². The molecule has 0 spiro atoms. The first-order valence-electron chi connectivity index (χ1n) is 12.9. The second-order valence-corrected chi connectivity index (χ2v) is 14.0. The normalized spacial score (nSPS) is 25.4. The average Bonchev–Trinajstić information content (AvgIpc) is 3.29. The lowest BCUT2D eigenvalue weighted by Crippen LogP contribution is -2.68. The van der Waals surface area contributed by atoms with E-state index in [9.17, 15) is 19.5 Å². The van der Waals surface area contributed by atoms with E-state index in [0.29, 0.717) is 11.6 Å². The summed E-state index contributed by atoms with van der Waals surface area (Å²) in [7, 11) is 0. The molecule has 4 atom stereocenters. The molecule has 2 aliphatic rings. The zero-order valence-corrected chi connectivity index (χ0v) is 24.8. The standard InChI is InChI=1S/C30H31ClN2O4S2/c1-18(34)32-24(28(36)37)15-39-29(32)33(17-30(2,3)4)25-13-12-20(31)14-23(25)27(38-16-26(33)35)22-11-7-9-19-8-5-6-10-21(19)22/h5-14,24,27,29H,15-17H2,1-4H3/p+1/t24-,27?,29+,33-/m1/s1. The van der Waals surface area contributed by atoms with E-state index in [4.69, 9.17) is 11.6 Å². The molecule has 0 aromatic heterocycles. The van der Waals surface area contributed by atoms with Crippen molar-refractivity contribution in [3.8, 4) is 0 Å². The van der Waals surface area contributed by atoms with Crippen LogP contribution in [0.5, 0.6) is 0 Å². The molecule has 5 rings (SSSR count). The van der Waals surface area contributed by atoms with Crippen molar-refractivity contribution in [3.05, 3.63) is 76.8 Å². The summed E-state index contributed by atoms with van der Waals surface area (Å²) in [6, 6.07) is 19.1. The van der Waals surface area contributed by atoms with Crippen molar-refractivity contribution in [2.45, 2.75) is 44.5 Å². The molecular weight excluding hydrogens is 552 g/mol. The number of halogens is 1. The van der Waals surface area contributed by atoms with Crippen molar-refractivity contribution >= 4 is 69.4 Å². The second kappa shape index (κ2) is 10.5. The van der Waals surface area contributed by atoms with E-state index < -0.39 is 17.5 Å². The van der Waals surface area contributed by atoms with Crippen molar-refractivity contribution in [1.29, 1.82) is 0 Å². The SMILES string of the molecule is CC(=O)N1[C@@H](C(=O)O)CS[C@@H]1[N@@+]1(CC(C)(C)C)C(=O)CSC(c2cccc3ccccc23)c2cc(Cl)ccc21. The number of carbonyl (C=O) groups excluding carboxylic acids is 2. The third kappa shape index (κ3) is 4.97. The summed E-state index contributed by atoms with van der Waals surface area (Å²) in [6.07, 6.45) is 0. The quantitative estimate of drug-likeness (QED) is 0.351. The predicted molar refractivity (Wildman–Crippen MR) is 161 cm³/mol. The summed E-state index contributed by atoms with van der Waals surface area (Å²) in [5, 5.41) is 12.6. The first-order chi connectivity index (χ1) is 18.4. The molecule has 1 saturated heterocycles. The second-order valence-electron chi connectivity index (χ2n) is 11.4. The molecule has 3 aromatic carbocycles. The van der Waals surface area contributed by atoms with Gasteiger partial charge < -0.3 is 5.11 Å². The summed E-state index contributed by atoms with van der Waals surface area (Å²) < 4.78 is -0.141. The van der Waals surface area contributed by atoms with Gasteiger partial charge in [-0.15, -0.1) is 11.8 Å².